The molecule has 2 aromatic rings. The van der Waals surface area contributed by atoms with Crippen LogP contribution in [0.25, 0.3) is 5.30 Å². The Morgan fingerprint density at radius 2 is 1.34 bits per heavy atom. The predicted octanol–water partition coefficient (Wildman–Crippen LogP) is 8.27. The highest BCUT2D eigenvalue weighted by Gasteiger charge is 2.32. The van der Waals surface area contributed by atoms with E-state index in [1.165, 1.54) is 22.0 Å². The molecule has 1 heterocycles. The van der Waals surface area contributed by atoms with E-state index < -0.39 is 15.6 Å². The minimum Gasteiger partial charge on any atom is -0.142 e. The molecular formula is C25H39O2P2+. The zero-order valence-electron chi connectivity index (χ0n) is 20.2. The van der Waals surface area contributed by atoms with Crippen molar-refractivity contribution in [2.24, 2.45) is 0 Å². The maximum atomic E-state index is 12.6. The van der Waals surface area contributed by atoms with Crippen LogP contribution in [-0.2, 0) is 25.3 Å². The summed E-state index contributed by atoms with van der Waals surface area (Å²) in [5, 5.41) is 2.31. The Morgan fingerprint density at radius 1 is 0.862 bits per heavy atom. The highest BCUT2D eigenvalue weighted by Crippen LogP contribution is 2.52. The molecule has 2 rings (SSSR count). The van der Waals surface area contributed by atoms with Crippen molar-refractivity contribution < 1.29 is 9.09 Å². The molecule has 0 bridgehead atoms. The third kappa shape index (κ3) is 5.41. The van der Waals surface area contributed by atoms with Gasteiger partial charge in [0.2, 0.25) is 5.30 Å². The Morgan fingerprint density at radius 3 is 1.72 bits per heavy atom. The van der Waals surface area contributed by atoms with Crippen molar-refractivity contribution in [3.63, 3.8) is 0 Å². The van der Waals surface area contributed by atoms with Gasteiger partial charge < -0.3 is 0 Å². The molecule has 0 saturated heterocycles. The first-order valence-electron chi connectivity index (χ1n) is 10.6. The smallest absolute Gasteiger partial charge is 0.142 e. The number of rotatable bonds is 4. The fraction of sp³-hybridized carbons (Fsp3) is 0.600. The van der Waals surface area contributed by atoms with E-state index in [0.717, 1.165) is 10.9 Å². The summed E-state index contributed by atoms with van der Waals surface area (Å²) in [5.41, 5.74) is 5.45. The summed E-state index contributed by atoms with van der Waals surface area (Å²) in [5.74, 6) is 4.56. The maximum absolute atomic E-state index is 12.6. The molecule has 2 unspecified atom stereocenters. The van der Waals surface area contributed by atoms with Gasteiger partial charge in [-0.2, -0.15) is 0 Å². The van der Waals surface area contributed by atoms with Crippen LogP contribution in [0.3, 0.4) is 0 Å². The van der Waals surface area contributed by atoms with Crippen LogP contribution < -0.4 is 5.30 Å². The lowest BCUT2D eigenvalue weighted by atomic mass is 9.75. The summed E-state index contributed by atoms with van der Waals surface area (Å²) in [6, 6.07) is 4.84. The minimum absolute atomic E-state index is 0.0272. The lowest BCUT2D eigenvalue weighted by Gasteiger charge is -2.33. The van der Waals surface area contributed by atoms with E-state index >= 15 is 0 Å². The average molecular weight is 434 g/mol. The first-order chi connectivity index (χ1) is 13.1. The van der Waals surface area contributed by atoms with Gasteiger partial charge in [-0.25, -0.2) is 0 Å². The largest absolute Gasteiger partial charge is 0.549 e. The van der Waals surface area contributed by atoms with Gasteiger partial charge in [-0.05, 0) is 57.1 Å². The van der Waals surface area contributed by atoms with Crippen molar-refractivity contribution in [1.29, 1.82) is 0 Å². The van der Waals surface area contributed by atoms with E-state index in [0.29, 0.717) is 6.61 Å². The first-order valence-corrected chi connectivity index (χ1v) is 13.2. The summed E-state index contributed by atoms with van der Waals surface area (Å²) in [7, 11) is -2.45. The predicted molar refractivity (Wildman–Crippen MR) is 130 cm³/mol. The van der Waals surface area contributed by atoms with Gasteiger partial charge in [0.25, 0.3) is 0 Å². The molecular weight excluding hydrogens is 394 g/mol. The van der Waals surface area contributed by atoms with E-state index in [4.69, 9.17) is 4.52 Å². The van der Waals surface area contributed by atoms with Gasteiger partial charge in [0.15, 0.2) is 0 Å². The second-order valence-electron chi connectivity index (χ2n) is 11.1. The molecule has 0 aliphatic rings. The summed E-state index contributed by atoms with van der Waals surface area (Å²) in [6.45, 7) is 25.1. The van der Waals surface area contributed by atoms with E-state index in [2.05, 4.69) is 93.0 Å². The van der Waals surface area contributed by atoms with E-state index in [1.807, 2.05) is 6.92 Å². The van der Waals surface area contributed by atoms with Gasteiger partial charge in [0.1, 0.15) is 6.61 Å². The van der Waals surface area contributed by atoms with Gasteiger partial charge in [-0.1, -0.05) is 82.0 Å². The van der Waals surface area contributed by atoms with Crippen LogP contribution in [-0.4, -0.2) is 6.61 Å². The molecule has 0 amide bonds. The minimum atomic E-state index is -1.78. The van der Waals surface area contributed by atoms with Gasteiger partial charge in [0.05, 0.1) is 0 Å². The fourth-order valence-corrected chi connectivity index (χ4v) is 7.83. The normalized spacial score (nSPS) is 14.3. The van der Waals surface area contributed by atoms with Gasteiger partial charge in [0, 0.05) is 16.7 Å². The number of hydrogen-bond donors (Lipinski definition) is 0. The summed E-state index contributed by atoms with van der Waals surface area (Å²) < 4.78 is 18.1. The van der Waals surface area contributed by atoms with Crippen LogP contribution in [0.15, 0.2) is 23.7 Å². The second kappa shape index (κ2) is 8.30. The molecule has 0 saturated carbocycles. The van der Waals surface area contributed by atoms with Gasteiger partial charge in [-0.15, -0.1) is 4.52 Å². The van der Waals surface area contributed by atoms with Crippen LogP contribution in [0.1, 0.15) is 91.5 Å². The topological polar surface area (TPSA) is 26.3 Å². The number of aryl methyl sites for hydroxylation is 1. The second-order valence-corrected chi connectivity index (χ2v) is 14.1. The molecule has 160 valence electrons. The van der Waals surface area contributed by atoms with Crippen LogP contribution in [0, 0.1) is 6.92 Å². The first kappa shape index (κ1) is 24.3. The summed E-state index contributed by atoms with van der Waals surface area (Å²) >= 11 is 0. The van der Waals surface area contributed by atoms with Crippen molar-refractivity contribution in [3.05, 3.63) is 46.0 Å². The molecule has 0 aliphatic heterocycles. The fourth-order valence-electron chi connectivity index (χ4n) is 3.54. The standard InChI is InChI=1S/C25H39O2P2/c1-12-27-29(26)21-16-28(15-17(21)2)22-19(24(6,7)8)13-18(23(3,4)5)14-20(22)25(9,10)11/h13-16H,12H2,1-11H3/q+1. The zero-order chi connectivity index (χ0) is 22.4. The van der Waals surface area contributed by atoms with Crippen LogP contribution >= 0.6 is 15.6 Å². The zero-order valence-corrected chi connectivity index (χ0v) is 22.0. The van der Waals surface area contributed by atoms with Crippen molar-refractivity contribution >= 4 is 20.9 Å². The lowest BCUT2D eigenvalue weighted by Crippen LogP contribution is -2.22. The maximum Gasteiger partial charge on any atom is 0.549 e. The third-order valence-electron chi connectivity index (χ3n) is 5.29. The Hall–Kier alpha value is -0.940. The molecule has 0 spiro atoms. The average Bonchev–Trinajstić information content (AvgIpc) is 2.93. The lowest BCUT2D eigenvalue weighted by molar-refractivity contribution is 0.357. The van der Waals surface area contributed by atoms with Crippen LogP contribution in [0.2, 0.25) is 0 Å². The van der Waals surface area contributed by atoms with E-state index in [1.54, 1.807) is 0 Å². The van der Waals surface area contributed by atoms with Crippen molar-refractivity contribution in [2.75, 3.05) is 6.61 Å². The summed E-state index contributed by atoms with van der Waals surface area (Å²) in [4.78, 5) is 0. The van der Waals surface area contributed by atoms with Gasteiger partial charge in [-0.3, -0.25) is 0 Å². The number of hydrogen-bond acceptors (Lipinski definition) is 2. The molecule has 1 aromatic carbocycles. The number of benzene rings is 1. The Labute approximate surface area is 180 Å². The highest BCUT2D eigenvalue weighted by molar-refractivity contribution is 7.59. The molecule has 2 nitrogen and oxygen atoms in total. The van der Waals surface area contributed by atoms with Crippen molar-refractivity contribution in [1.82, 2.24) is 0 Å². The Kier molecular flexibility index (Phi) is 6.96. The molecule has 4 heteroatoms. The molecule has 0 radical (unpaired) electrons. The molecule has 2 atom stereocenters. The highest BCUT2D eigenvalue weighted by atomic mass is 31.1. The van der Waals surface area contributed by atoms with Crippen LogP contribution in [0.5, 0.6) is 0 Å². The Balaban J connectivity index is 2.90. The molecule has 0 fully saturated rings. The third-order valence-corrected chi connectivity index (χ3v) is 9.06. The Bertz CT molecular complexity index is 865. The molecule has 1 aromatic heterocycles. The van der Waals surface area contributed by atoms with E-state index in [-0.39, 0.29) is 16.2 Å². The summed E-state index contributed by atoms with van der Waals surface area (Å²) in [6.07, 6.45) is 0. The van der Waals surface area contributed by atoms with E-state index in [9.17, 15) is 4.57 Å². The quantitative estimate of drug-likeness (QED) is 0.454. The van der Waals surface area contributed by atoms with Crippen LogP contribution in [0.4, 0.5) is 0 Å². The molecule has 0 aliphatic carbocycles. The SMILES string of the molecule is CCO[P+](=O)c1cp(-c2c(C(C)(C)C)cc(C(C)(C)C)cc2C(C)(C)C)cc1C. The van der Waals surface area contributed by atoms with Gasteiger partial charge >= 0.3 is 8.03 Å². The molecule has 0 N–H and O–H groups in total. The van der Waals surface area contributed by atoms with Crippen molar-refractivity contribution in [3.8, 4) is 5.30 Å². The monoisotopic (exact) mass is 433 g/mol. The van der Waals surface area contributed by atoms with Crippen molar-refractivity contribution in [2.45, 2.75) is 92.4 Å². The molecule has 29 heavy (non-hydrogen) atoms.